The predicted molar refractivity (Wildman–Crippen MR) is 77.1 cm³/mol. The number of rotatable bonds is 3. The standard InChI is InChI=1S/C14H14ClN3O/c1-10-3-5-13(12(15)7-10)17-14(19)6-4-11-8-16-18(2)9-11/h3-9H,1-2H3,(H,17,19). The van der Waals surface area contributed by atoms with Crippen molar-refractivity contribution >= 4 is 29.3 Å². The van der Waals surface area contributed by atoms with E-state index in [1.165, 1.54) is 6.08 Å². The fraction of sp³-hybridized carbons (Fsp3) is 0.143. The number of carbonyl (C=O) groups is 1. The number of anilines is 1. The van der Waals surface area contributed by atoms with E-state index in [4.69, 9.17) is 11.6 Å². The van der Waals surface area contributed by atoms with Gasteiger partial charge in [-0.05, 0) is 30.7 Å². The summed E-state index contributed by atoms with van der Waals surface area (Å²) >= 11 is 6.04. The number of nitrogens with zero attached hydrogens (tertiary/aromatic N) is 2. The van der Waals surface area contributed by atoms with Gasteiger partial charge >= 0.3 is 0 Å². The molecular formula is C14H14ClN3O. The van der Waals surface area contributed by atoms with Gasteiger partial charge in [0.05, 0.1) is 16.9 Å². The lowest BCUT2D eigenvalue weighted by atomic mass is 10.2. The molecule has 5 heteroatoms. The zero-order valence-electron chi connectivity index (χ0n) is 10.7. The van der Waals surface area contributed by atoms with Crippen LogP contribution in [0.1, 0.15) is 11.1 Å². The molecule has 0 saturated carbocycles. The maximum atomic E-state index is 11.7. The highest BCUT2D eigenvalue weighted by molar-refractivity contribution is 6.33. The van der Waals surface area contributed by atoms with Crippen molar-refractivity contribution in [2.45, 2.75) is 6.92 Å². The summed E-state index contributed by atoms with van der Waals surface area (Å²) in [4.78, 5) is 11.7. The topological polar surface area (TPSA) is 46.9 Å². The summed E-state index contributed by atoms with van der Waals surface area (Å²) in [7, 11) is 1.82. The highest BCUT2D eigenvalue weighted by atomic mass is 35.5. The Morgan fingerprint density at radius 2 is 2.26 bits per heavy atom. The summed E-state index contributed by atoms with van der Waals surface area (Å²) in [5.41, 5.74) is 2.52. The lowest BCUT2D eigenvalue weighted by molar-refractivity contribution is -0.111. The van der Waals surface area contributed by atoms with Gasteiger partial charge in [-0.1, -0.05) is 17.7 Å². The molecule has 1 aromatic carbocycles. The van der Waals surface area contributed by atoms with Crippen LogP contribution in [0.2, 0.25) is 5.02 Å². The molecule has 0 aliphatic rings. The first-order valence-corrected chi connectivity index (χ1v) is 6.16. The molecule has 19 heavy (non-hydrogen) atoms. The van der Waals surface area contributed by atoms with E-state index >= 15 is 0 Å². The van der Waals surface area contributed by atoms with Crippen molar-refractivity contribution in [2.75, 3.05) is 5.32 Å². The highest BCUT2D eigenvalue weighted by Crippen LogP contribution is 2.22. The number of nitrogens with one attached hydrogen (secondary N) is 1. The van der Waals surface area contributed by atoms with Crippen molar-refractivity contribution in [3.05, 3.63) is 52.8 Å². The van der Waals surface area contributed by atoms with Crippen LogP contribution < -0.4 is 5.32 Å². The third-order valence-corrected chi connectivity index (χ3v) is 2.85. The molecule has 2 rings (SSSR count). The second-order valence-electron chi connectivity index (χ2n) is 4.25. The second kappa shape index (κ2) is 5.71. The fourth-order valence-corrected chi connectivity index (χ4v) is 1.88. The van der Waals surface area contributed by atoms with E-state index in [-0.39, 0.29) is 5.91 Å². The second-order valence-corrected chi connectivity index (χ2v) is 4.66. The van der Waals surface area contributed by atoms with Gasteiger partial charge < -0.3 is 5.32 Å². The third-order valence-electron chi connectivity index (χ3n) is 2.53. The molecule has 0 radical (unpaired) electrons. The Kier molecular flexibility index (Phi) is 4.02. The molecule has 0 fully saturated rings. The van der Waals surface area contributed by atoms with Crippen molar-refractivity contribution in [2.24, 2.45) is 7.05 Å². The summed E-state index contributed by atoms with van der Waals surface area (Å²) in [5, 5.41) is 7.28. The van der Waals surface area contributed by atoms with Crippen molar-refractivity contribution in [3.8, 4) is 0 Å². The summed E-state index contributed by atoms with van der Waals surface area (Å²) in [6.45, 7) is 1.94. The molecule has 0 spiro atoms. The van der Waals surface area contributed by atoms with Gasteiger partial charge in [0.25, 0.3) is 0 Å². The smallest absolute Gasteiger partial charge is 0.248 e. The minimum Gasteiger partial charge on any atom is -0.321 e. The molecule has 1 N–H and O–H groups in total. The van der Waals surface area contributed by atoms with Gasteiger partial charge in [0.2, 0.25) is 5.91 Å². The Labute approximate surface area is 116 Å². The van der Waals surface area contributed by atoms with Crippen molar-refractivity contribution < 1.29 is 4.79 Å². The molecule has 0 aliphatic heterocycles. The summed E-state index contributed by atoms with van der Waals surface area (Å²) in [5.74, 6) is -0.227. The SMILES string of the molecule is Cc1ccc(NC(=O)C=Cc2cnn(C)c2)c(Cl)c1. The van der Waals surface area contributed by atoms with E-state index < -0.39 is 0 Å². The van der Waals surface area contributed by atoms with Gasteiger partial charge in [-0.2, -0.15) is 5.10 Å². The monoisotopic (exact) mass is 275 g/mol. The molecule has 2 aromatic rings. The minimum absolute atomic E-state index is 0.227. The Morgan fingerprint density at radius 1 is 1.47 bits per heavy atom. The summed E-state index contributed by atoms with van der Waals surface area (Å²) in [6, 6.07) is 5.49. The van der Waals surface area contributed by atoms with Crippen LogP contribution in [0.3, 0.4) is 0 Å². The Bertz CT molecular complexity index is 631. The maximum Gasteiger partial charge on any atom is 0.248 e. The van der Waals surface area contributed by atoms with E-state index in [9.17, 15) is 4.79 Å². The van der Waals surface area contributed by atoms with Gasteiger partial charge in [0.1, 0.15) is 0 Å². The van der Waals surface area contributed by atoms with Gasteiger partial charge in [0.15, 0.2) is 0 Å². The molecule has 0 unspecified atom stereocenters. The molecule has 0 bridgehead atoms. The average molecular weight is 276 g/mol. The van der Waals surface area contributed by atoms with Gasteiger partial charge in [0, 0.05) is 24.9 Å². The van der Waals surface area contributed by atoms with Crippen LogP contribution in [0.5, 0.6) is 0 Å². The molecule has 1 aromatic heterocycles. The predicted octanol–water partition coefficient (Wildman–Crippen LogP) is 3.03. The summed E-state index contributed by atoms with van der Waals surface area (Å²) < 4.78 is 1.68. The zero-order chi connectivity index (χ0) is 13.8. The molecule has 98 valence electrons. The molecule has 1 heterocycles. The molecular weight excluding hydrogens is 262 g/mol. The lowest BCUT2D eigenvalue weighted by Gasteiger charge is -2.05. The van der Waals surface area contributed by atoms with Crippen LogP contribution in [0.15, 0.2) is 36.7 Å². The maximum absolute atomic E-state index is 11.7. The number of aryl methyl sites for hydroxylation is 2. The van der Waals surface area contributed by atoms with Crippen LogP contribution in [-0.2, 0) is 11.8 Å². The number of carbonyl (C=O) groups excluding carboxylic acids is 1. The summed E-state index contributed by atoms with van der Waals surface area (Å²) in [6.07, 6.45) is 6.66. The normalized spacial score (nSPS) is 10.9. The van der Waals surface area contributed by atoms with E-state index in [0.717, 1.165) is 11.1 Å². The Hall–Kier alpha value is -2.07. The van der Waals surface area contributed by atoms with Gasteiger partial charge in [-0.3, -0.25) is 9.48 Å². The number of aromatic nitrogens is 2. The van der Waals surface area contributed by atoms with Crippen LogP contribution in [0.4, 0.5) is 5.69 Å². The van der Waals surface area contributed by atoms with Crippen LogP contribution in [0, 0.1) is 6.92 Å². The number of benzene rings is 1. The van der Waals surface area contributed by atoms with Gasteiger partial charge in [-0.15, -0.1) is 0 Å². The lowest BCUT2D eigenvalue weighted by Crippen LogP contribution is -2.08. The highest BCUT2D eigenvalue weighted by Gasteiger charge is 2.03. The van der Waals surface area contributed by atoms with Crippen LogP contribution >= 0.6 is 11.6 Å². The first-order valence-electron chi connectivity index (χ1n) is 5.78. The molecule has 0 aliphatic carbocycles. The number of hydrogen-bond donors (Lipinski definition) is 1. The molecule has 0 saturated heterocycles. The van der Waals surface area contributed by atoms with E-state index in [1.54, 1.807) is 23.0 Å². The van der Waals surface area contributed by atoms with E-state index in [1.807, 2.05) is 32.3 Å². The largest absolute Gasteiger partial charge is 0.321 e. The fourth-order valence-electron chi connectivity index (χ4n) is 1.59. The first kappa shape index (κ1) is 13.4. The zero-order valence-corrected chi connectivity index (χ0v) is 11.5. The molecule has 1 amide bonds. The van der Waals surface area contributed by atoms with Crippen LogP contribution in [-0.4, -0.2) is 15.7 Å². The number of amides is 1. The quantitative estimate of drug-likeness (QED) is 0.875. The molecule has 4 nitrogen and oxygen atoms in total. The number of halogens is 1. The molecule has 0 atom stereocenters. The minimum atomic E-state index is -0.227. The van der Waals surface area contributed by atoms with E-state index in [0.29, 0.717) is 10.7 Å². The average Bonchev–Trinajstić information content (AvgIpc) is 2.76. The van der Waals surface area contributed by atoms with Gasteiger partial charge in [-0.25, -0.2) is 0 Å². The third kappa shape index (κ3) is 3.69. The Morgan fingerprint density at radius 3 is 2.89 bits per heavy atom. The first-order chi connectivity index (χ1) is 9.04. The van der Waals surface area contributed by atoms with E-state index in [2.05, 4.69) is 10.4 Å². The van der Waals surface area contributed by atoms with Crippen molar-refractivity contribution in [1.82, 2.24) is 9.78 Å². The number of hydrogen-bond acceptors (Lipinski definition) is 2. The van der Waals surface area contributed by atoms with Crippen molar-refractivity contribution in [1.29, 1.82) is 0 Å². The van der Waals surface area contributed by atoms with Crippen molar-refractivity contribution in [3.63, 3.8) is 0 Å². The van der Waals surface area contributed by atoms with Crippen LogP contribution in [0.25, 0.3) is 6.08 Å². The Balaban J connectivity index is 2.03.